The molecule has 0 amide bonds. The van der Waals surface area contributed by atoms with Crippen LogP contribution < -0.4 is 0 Å². The van der Waals surface area contributed by atoms with Gasteiger partial charge in [0.2, 0.25) is 0 Å². The van der Waals surface area contributed by atoms with Crippen LogP contribution in [0, 0.1) is 6.92 Å². The standard InChI is InChI=1S/C13H16NO/c1-2-12-10-13(15-14-12)9-8-11-6-4-3-5-7-11/h3-7,13H,1-2,8-10H2. The fraction of sp³-hybridized carbons (Fsp3) is 0.385. The van der Waals surface area contributed by atoms with E-state index < -0.39 is 0 Å². The molecule has 2 rings (SSSR count). The molecule has 1 aromatic carbocycles. The molecular formula is C13H16NO. The van der Waals surface area contributed by atoms with E-state index in [-0.39, 0.29) is 6.10 Å². The molecule has 15 heavy (non-hydrogen) atoms. The van der Waals surface area contributed by atoms with E-state index in [9.17, 15) is 0 Å². The summed E-state index contributed by atoms with van der Waals surface area (Å²) in [5.41, 5.74) is 2.46. The molecule has 0 spiro atoms. The zero-order chi connectivity index (χ0) is 10.5. The third-order valence-corrected chi connectivity index (χ3v) is 2.68. The van der Waals surface area contributed by atoms with E-state index in [0.29, 0.717) is 0 Å². The minimum absolute atomic E-state index is 0.266. The van der Waals surface area contributed by atoms with Crippen LogP contribution in [-0.2, 0) is 11.3 Å². The van der Waals surface area contributed by atoms with E-state index >= 15 is 0 Å². The van der Waals surface area contributed by atoms with Crippen LogP contribution in [0.5, 0.6) is 0 Å². The molecule has 0 N–H and O–H groups in total. The fourth-order valence-corrected chi connectivity index (χ4v) is 1.76. The van der Waals surface area contributed by atoms with Gasteiger partial charge in [-0.1, -0.05) is 35.5 Å². The van der Waals surface area contributed by atoms with Gasteiger partial charge in [-0.05, 0) is 31.7 Å². The first-order valence-electron chi connectivity index (χ1n) is 5.43. The van der Waals surface area contributed by atoms with Gasteiger partial charge >= 0.3 is 0 Å². The predicted molar refractivity (Wildman–Crippen MR) is 61.7 cm³/mol. The maximum Gasteiger partial charge on any atom is 0.133 e. The molecule has 1 unspecified atom stereocenters. The summed E-state index contributed by atoms with van der Waals surface area (Å²) in [4.78, 5) is 5.33. The summed E-state index contributed by atoms with van der Waals surface area (Å²) in [6.45, 7) is 3.81. The fourth-order valence-electron chi connectivity index (χ4n) is 1.76. The highest BCUT2D eigenvalue weighted by atomic mass is 16.6. The van der Waals surface area contributed by atoms with Crippen molar-refractivity contribution in [2.24, 2.45) is 5.16 Å². The molecule has 0 bridgehead atoms. The summed E-state index contributed by atoms with van der Waals surface area (Å²) < 4.78 is 0. The Kier molecular flexibility index (Phi) is 3.38. The molecule has 2 nitrogen and oxygen atoms in total. The lowest BCUT2D eigenvalue weighted by Gasteiger charge is -2.07. The van der Waals surface area contributed by atoms with Crippen molar-refractivity contribution in [1.29, 1.82) is 0 Å². The second-order valence-corrected chi connectivity index (χ2v) is 3.86. The largest absolute Gasteiger partial charge is 0.392 e. The monoisotopic (exact) mass is 202 g/mol. The van der Waals surface area contributed by atoms with Crippen molar-refractivity contribution in [2.45, 2.75) is 31.8 Å². The highest BCUT2D eigenvalue weighted by Gasteiger charge is 2.18. The number of nitrogens with zero attached hydrogens (tertiary/aromatic N) is 1. The average molecular weight is 202 g/mol. The van der Waals surface area contributed by atoms with Crippen LogP contribution in [0.4, 0.5) is 0 Å². The minimum atomic E-state index is 0.266. The highest BCUT2D eigenvalue weighted by molar-refractivity contribution is 5.85. The third-order valence-electron chi connectivity index (χ3n) is 2.68. The van der Waals surface area contributed by atoms with Crippen molar-refractivity contribution >= 4 is 5.71 Å². The van der Waals surface area contributed by atoms with Crippen LogP contribution >= 0.6 is 0 Å². The molecule has 1 radical (unpaired) electrons. The average Bonchev–Trinajstić information content (AvgIpc) is 2.76. The first-order chi connectivity index (χ1) is 7.38. The molecule has 0 saturated heterocycles. The molecule has 79 valence electrons. The summed E-state index contributed by atoms with van der Waals surface area (Å²) in [6.07, 6.45) is 4.09. The van der Waals surface area contributed by atoms with Crippen LogP contribution in [0.3, 0.4) is 0 Å². The van der Waals surface area contributed by atoms with Gasteiger partial charge in [0.25, 0.3) is 0 Å². The Morgan fingerprint density at radius 3 is 2.80 bits per heavy atom. The topological polar surface area (TPSA) is 21.6 Å². The van der Waals surface area contributed by atoms with Crippen molar-refractivity contribution in [3.05, 3.63) is 42.8 Å². The van der Waals surface area contributed by atoms with Gasteiger partial charge in [-0.2, -0.15) is 0 Å². The Labute approximate surface area is 90.9 Å². The van der Waals surface area contributed by atoms with Gasteiger partial charge < -0.3 is 4.84 Å². The number of aryl methyl sites for hydroxylation is 1. The number of hydrogen-bond donors (Lipinski definition) is 0. The molecule has 2 heteroatoms. The van der Waals surface area contributed by atoms with E-state index in [0.717, 1.165) is 31.4 Å². The highest BCUT2D eigenvalue weighted by Crippen LogP contribution is 2.17. The molecule has 0 aromatic heterocycles. The first-order valence-corrected chi connectivity index (χ1v) is 5.43. The van der Waals surface area contributed by atoms with Crippen LogP contribution in [0.1, 0.15) is 24.8 Å². The minimum Gasteiger partial charge on any atom is -0.392 e. The smallest absolute Gasteiger partial charge is 0.133 e. The Balaban J connectivity index is 1.77. The van der Waals surface area contributed by atoms with Crippen molar-refractivity contribution < 1.29 is 4.84 Å². The van der Waals surface area contributed by atoms with Crippen molar-refractivity contribution in [2.75, 3.05) is 0 Å². The van der Waals surface area contributed by atoms with Crippen LogP contribution in [0.25, 0.3) is 0 Å². The quantitative estimate of drug-likeness (QED) is 0.735. The lowest BCUT2D eigenvalue weighted by atomic mass is 10.0. The van der Waals surface area contributed by atoms with E-state index in [4.69, 9.17) is 4.84 Å². The Bertz CT molecular complexity index is 332. The summed E-state index contributed by atoms with van der Waals surface area (Å²) in [7, 11) is 0. The van der Waals surface area contributed by atoms with Crippen LogP contribution in [0.15, 0.2) is 35.5 Å². The molecule has 1 aromatic rings. The summed E-state index contributed by atoms with van der Waals surface area (Å²) in [6, 6.07) is 10.5. The van der Waals surface area contributed by atoms with Gasteiger partial charge in [0, 0.05) is 6.42 Å². The zero-order valence-corrected chi connectivity index (χ0v) is 8.86. The van der Waals surface area contributed by atoms with Gasteiger partial charge in [-0.25, -0.2) is 0 Å². The van der Waals surface area contributed by atoms with E-state index in [2.05, 4.69) is 36.3 Å². The number of benzene rings is 1. The lowest BCUT2D eigenvalue weighted by molar-refractivity contribution is 0.0794. The number of rotatable bonds is 4. The summed E-state index contributed by atoms with van der Waals surface area (Å²) in [5, 5.41) is 4.00. The SMILES string of the molecule is [CH2]CC1=NOC(CCc2ccccc2)C1. The number of oxime groups is 1. The zero-order valence-electron chi connectivity index (χ0n) is 8.86. The van der Waals surface area contributed by atoms with Gasteiger partial charge in [-0.15, -0.1) is 0 Å². The molecular weight excluding hydrogens is 186 g/mol. The van der Waals surface area contributed by atoms with E-state index in [1.165, 1.54) is 5.56 Å². The predicted octanol–water partition coefficient (Wildman–Crippen LogP) is 2.99. The summed E-state index contributed by atoms with van der Waals surface area (Å²) >= 11 is 0. The van der Waals surface area contributed by atoms with E-state index in [1.807, 2.05) is 6.07 Å². The first kappa shape index (κ1) is 10.2. The van der Waals surface area contributed by atoms with Crippen molar-refractivity contribution in [1.82, 2.24) is 0 Å². The van der Waals surface area contributed by atoms with Crippen LogP contribution in [0.2, 0.25) is 0 Å². The molecule has 0 aliphatic carbocycles. The van der Waals surface area contributed by atoms with Gasteiger partial charge in [0.05, 0.1) is 5.71 Å². The number of hydrogen-bond acceptors (Lipinski definition) is 2. The van der Waals surface area contributed by atoms with Crippen molar-refractivity contribution in [3.8, 4) is 0 Å². The van der Waals surface area contributed by atoms with Gasteiger partial charge in [-0.3, -0.25) is 0 Å². The molecule has 1 heterocycles. The summed E-state index contributed by atoms with van der Waals surface area (Å²) in [5.74, 6) is 0. The normalized spacial score (nSPS) is 19.8. The second-order valence-electron chi connectivity index (χ2n) is 3.86. The molecule has 0 saturated carbocycles. The molecule has 1 aliphatic heterocycles. The van der Waals surface area contributed by atoms with Gasteiger partial charge in [0.1, 0.15) is 6.10 Å². The van der Waals surface area contributed by atoms with Crippen LogP contribution in [-0.4, -0.2) is 11.8 Å². The Morgan fingerprint density at radius 2 is 2.13 bits per heavy atom. The maximum absolute atomic E-state index is 5.33. The van der Waals surface area contributed by atoms with E-state index in [1.54, 1.807) is 0 Å². The lowest BCUT2D eigenvalue weighted by Crippen LogP contribution is -2.08. The Morgan fingerprint density at radius 1 is 1.33 bits per heavy atom. The molecule has 0 fully saturated rings. The molecule has 1 atom stereocenters. The second kappa shape index (κ2) is 4.96. The molecule has 1 aliphatic rings. The van der Waals surface area contributed by atoms with Gasteiger partial charge in [0.15, 0.2) is 0 Å². The van der Waals surface area contributed by atoms with Crippen molar-refractivity contribution in [3.63, 3.8) is 0 Å². The Hall–Kier alpha value is -1.31. The third kappa shape index (κ3) is 2.82. The maximum atomic E-state index is 5.33.